The minimum absolute atomic E-state index is 0.0303. The number of ether oxygens (including phenoxy) is 1. The summed E-state index contributed by atoms with van der Waals surface area (Å²) in [6, 6.07) is 6.05. The number of amides is 1. The lowest BCUT2D eigenvalue weighted by molar-refractivity contribution is -0.148. The van der Waals surface area contributed by atoms with Crippen LogP contribution in [-0.4, -0.2) is 30.6 Å². The summed E-state index contributed by atoms with van der Waals surface area (Å²) in [5, 5.41) is 12.5. The van der Waals surface area contributed by atoms with Crippen LogP contribution in [0.15, 0.2) is 18.2 Å². The van der Waals surface area contributed by atoms with Crippen LogP contribution in [0.2, 0.25) is 0 Å². The van der Waals surface area contributed by atoms with Gasteiger partial charge < -0.3 is 15.2 Å². The number of rotatable bonds is 6. The second-order valence-electron chi connectivity index (χ2n) is 7.41. The van der Waals surface area contributed by atoms with Crippen LogP contribution in [0.5, 0.6) is 5.75 Å². The van der Waals surface area contributed by atoms with Crippen molar-refractivity contribution in [1.82, 2.24) is 5.32 Å². The molecule has 2 bridgehead atoms. The average molecular weight is 331 g/mol. The Morgan fingerprint density at radius 3 is 2.42 bits per heavy atom. The van der Waals surface area contributed by atoms with E-state index in [0.717, 1.165) is 23.3 Å². The van der Waals surface area contributed by atoms with Crippen molar-refractivity contribution < 1.29 is 19.4 Å². The fourth-order valence-corrected chi connectivity index (χ4v) is 4.40. The number of hydrogen-bond donors (Lipinski definition) is 2. The molecule has 0 heterocycles. The van der Waals surface area contributed by atoms with Crippen molar-refractivity contribution in [2.24, 2.45) is 10.8 Å². The lowest BCUT2D eigenvalue weighted by Crippen LogP contribution is -2.39. The Labute approximate surface area is 142 Å². The minimum atomic E-state index is -0.735. The Morgan fingerprint density at radius 2 is 1.83 bits per heavy atom. The van der Waals surface area contributed by atoms with Crippen molar-refractivity contribution in [3.63, 3.8) is 0 Å². The first kappa shape index (κ1) is 16.8. The van der Waals surface area contributed by atoms with E-state index >= 15 is 0 Å². The number of fused-ring (bicyclic) bond motifs is 2. The Kier molecular flexibility index (Phi) is 4.28. The van der Waals surface area contributed by atoms with Crippen LogP contribution in [0.25, 0.3) is 0 Å². The first-order valence-corrected chi connectivity index (χ1v) is 8.55. The molecule has 0 spiro atoms. The zero-order chi connectivity index (χ0) is 17.4. The molecule has 5 nitrogen and oxygen atoms in total. The van der Waals surface area contributed by atoms with Crippen LogP contribution in [-0.2, 0) is 16.0 Å². The number of carboxylic acid groups (broad SMARTS) is 1. The monoisotopic (exact) mass is 331 g/mol. The lowest BCUT2D eigenvalue weighted by atomic mass is 9.81. The third kappa shape index (κ3) is 2.87. The molecule has 0 aromatic heterocycles. The minimum Gasteiger partial charge on any atom is -0.497 e. The highest BCUT2D eigenvalue weighted by molar-refractivity contribution is 5.87. The molecule has 1 aromatic rings. The largest absolute Gasteiger partial charge is 0.497 e. The predicted octanol–water partition coefficient (Wildman–Crippen LogP) is 2.70. The fraction of sp³-hybridized carbons (Fsp3) is 0.579. The van der Waals surface area contributed by atoms with E-state index in [1.165, 1.54) is 0 Å². The molecule has 1 amide bonds. The molecule has 5 heteroatoms. The molecule has 2 aliphatic carbocycles. The van der Waals surface area contributed by atoms with Crippen molar-refractivity contribution in [2.75, 3.05) is 13.7 Å². The number of aliphatic carboxylic acids is 1. The molecule has 0 saturated heterocycles. The van der Waals surface area contributed by atoms with E-state index in [9.17, 15) is 14.7 Å². The number of benzene rings is 1. The third-order valence-electron chi connectivity index (χ3n) is 5.82. The summed E-state index contributed by atoms with van der Waals surface area (Å²) in [4.78, 5) is 24.1. The van der Waals surface area contributed by atoms with Crippen LogP contribution < -0.4 is 10.1 Å². The molecule has 24 heavy (non-hydrogen) atoms. The summed E-state index contributed by atoms with van der Waals surface area (Å²) in [5.41, 5.74) is 1.15. The number of methoxy groups -OCH3 is 1. The van der Waals surface area contributed by atoms with Crippen molar-refractivity contribution in [2.45, 2.75) is 45.4 Å². The van der Waals surface area contributed by atoms with Gasteiger partial charge in [0.1, 0.15) is 5.75 Å². The Balaban J connectivity index is 1.57. The number of nitrogens with one attached hydrogen (secondary N) is 1. The van der Waals surface area contributed by atoms with Crippen LogP contribution in [0, 0.1) is 17.8 Å². The summed E-state index contributed by atoms with van der Waals surface area (Å²) >= 11 is 0. The molecule has 2 saturated carbocycles. The predicted molar refractivity (Wildman–Crippen MR) is 90.0 cm³/mol. The first-order valence-electron chi connectivity index (χ1n) is 8.55. The van der Waals surface area contributed by atoms with Gasteiger partial charge >= 0.3 is 5.97 Å². The highest BCUT2D eigenvalue weighted by atomic mass is 16.5. The Hall–Kier alpha value is -2.04. The van der Waals surface area contributed by atoms with E-state index in [0.29, 0.717) is 38.6 Å². The topological polar surface area (TPSA) is 75.6 Å². The van der Waals surface area contributed by atoms with Crippen molar-refractivity contribution >= 4 is 11.9 Å². The number of hydrogen-bond acceptors (Lipinski definition) is 3. The third-order valence-corrected chi connectivity index (χ3v) is 5.82. The molecule has 2 aliphatic rings. The molecule has 0 aliphatic heterocycles. The van der Waals surface area contributed by atoms with Crippen LogP contribution in [0.1, 0.15) is 43.2 Å². The van der Waals surface area contributed by atoms with Crippen molar-refractivity contribution in [1.29, 1.82) is 0 Å². The van der Waals surface area contributed by atoms with E-state index in [4.69, 9.17) is 4.74 Å². The van der Waals surface area contributed by atoms with Gasteiger partial charge in [0, 0.05) is 6.54 Å². The number of carboxylic acids is 1. The second-order valence-corrected chi connectivity index (χ2v) is 7.41. The second kappa shape index (κ2) is 6.11. The van der Waals surface area contributed by atoms with Gasteiger partial charge in [0.15, 0.2) is 0 Å². The quantitative estimate of drug-likeness (QED) is 0.840. The van der Waals surface area contributed by atoms with Crippen molar-refractivity contribution in [3.05, 3.63) is 29.3 Å². The van der Waals surface area contributed by atoms with Gasteiger partial charge in [0.25, 0.3) is 0 Å². The van der Waals surface area contributed by atoms with Gasteiger partial charge in [-0.05, 0) is 68.7 Å². The van der Waals surface area contributed by atoms with E-state index in [1.54, 1.807) is 7.11 Å². The van der Waals surface area contributed by atoms with Gasteiger partial charge in [0.2, 0.25) is 5.91 Å². The van der Waals surface area contributed by atoms with E-state index in [-0.39, 0.29) is 5.91 Å². The Bertz CT molecular complexity index is 659. The summed E-state index contributed by atoms with van der Waals surface area (Å²) in [5.74, 6) is 0.122. The maximum atomic E-state index is 12.6. The highest BCUT2D eigenvalue weighted by Crippen LogP contribution is 2.61. The summed E-state index contributed by atoms with van der Waals surface area (Å²) in [6.07, 6.45) is 3.89. The molecule has 0 radical (unpaired) electrons. The zero-order valence-corrected chi connectivity index (χ0v) is 14.4. The Morgan fingerprint density at radius 1 is 1.17 bits per heavy atom. The smallest absolute Gasteiger partial charge is 0.309 e. The van der Waals surface area contributed by atoms with Gasteiger partial charge in [-0.25, -0.2) is 0 Å². The van der Waals surface area contributed by atoms with Crippen LogP contribution >= 0.6 is 0 Å². The molecule has 2 fully saturated rings. The van der Waals surface area contributed by atoms with Gasteiger partial charge in [-0.1, -0.05) is 6.07 Å². The van der Waals surface area contributed by atoms with E-state index in [2.05, 4.69) is 11.4 Å². The molecular formula is C19H25NO4. The normalized spacial score (nSPS) is 27.9. The summed E-state index contributed by atoms with van der Waals surface area (Å²) in [7, 11) is 1.65. The molecule has 0 atom stereocenters. The van der Waals surface area contributed by atoms with Gasteiger partial charge in [-0.15, -0.1) is 0 Å². The van der Waals surface area contributed by atoms with Gasteiger partial charge in [-0.3, -0.25) is 9.59 Å². The SMILES string of the molecule is COc1cc(C)cc(CCNC(=O)C23CCC(C(=O)O)(CC2)C3)c1. The maximum Gasteiger partial charge on any atom is 0.309 e. The van der Waals surface area contributed by atoms with Crippen LogP contribution in [0.4, 0.5) is 0 Å². The molecule has 0 unspecified atom stereocenters. The first-order chi connectivity index (χ1) is 11.4. The lowest BCUT2D eigenvalue weighted by Gasteiger charge is -2.25. The van der Waals surface area contributed by atoms with Gasteiger partial charge in [-0.2, -0.15) is 0 Å². The molecule has 130 valence electrons. The number of carbonyl (C=O) groups is 2. The van der Waals surface area contributed by atoms with Crippen LogP contribution in [0.3, 0.4) is 0 Å². The summed E-state index contributed by atoms with van der Waals surface area (Å²) in [6.45, 7) is 2.58. The average Bonchev–Trinajstić information content (AvgIpc) is 3.13. The number of aryl methyl sites for hydroxylation is 1. The molecular weight excluding hydrogens is 306 g/mol. The molecule has 3 rings (SSSR count). The van der Waals surface area contributed by atoms with Gasteiger partial charge in [0.05, 0.1) is 17.9 Å². The molecule has 2 N–H and O–H groups in total. The maximum absolute atomic E-state index is 12.6. The zero-order valence-electron chi connectivity index (χ0n) is 14.4. The standard InChI is InChI=1S/C19H25NO4/c1-13-9-14(11-15(10-13)24-2)3-8-20-16(21)18-4-6-19(12-18,7-5-18)17(22)23/h9-11H,3-8,12H2,1-2H3,(H,20,21)(H,22,23). The summed E-state index contributed by atoms with van der Waals surface area (Å²) < 4.78 is 5.27. The highest BCUT2D eigenvalue weighted by Gasteiger charge is 2.61. The fourth-order valence-electron chi connectivity index (χ4n) is 4.40. The molecule has 1 aromatic carbocycles. The number of carbonyl (C=O) groups excluding carboxylic acids is 1. The van der Waals surface area contributed by atoms with E-state index < -0.39 is 16.8 Å². The van der Waals surface area contributed by atoms with Crippen molar-refractivity contribution in [3.8, 4) is 5.75 Å². The van der Waals surface area contributed by atoms with E-state index in [1.807, 2.05) is 19.1 Å².